The van der Waals surface area contributed by atoms with Crippen molar-refractivity contribution < 1.29 is 14.3 Å². The predicted octanol–water partition coefficient (Wildman–Crippen LogP) is 1.89. The second kappa shape index (κ2) is 6.18. The van der Waals surface area contributed by atoms with Crippen molar-refractivity contribution in [2.75, 3.05) is 6.54 Å². The first-order valence-electron chi connectivity index (χ1n) is 5.96. The van der Waals surface area contributed by atoms with E-state index in [-0.39, 0.29) is 18.7 Å². The number of esters is 1. The summed E-state index contributed by atoms with van der Waals surface area (Å²) in [6, 6.07) is 7.28. The fraction of sp³-hybridized carbons (Fsp3) is 0.462. The van der Waals surface area contributed by atoms with Crippen molar-refractivity contribution in [3.8, 4) is 0 Å². The van der Waals surface area contributed by atoms with Crippen LogP contribution in [0, 0.1) is 0 Å². The monoisotopic (exact) mass is 269 g/mol. The summed E-state index contributed by atoms with van der Waals surface area (Å²) in [5.41, 5.74) is 6.28. The minimum absolute atomic E-state index is 0.0251. The number of carbonyl (C=O) groups excluding carboxylic acids is 1. The average Bonchev–Trinajstić information content (AvgIpc) is 2.86. The van der Waals surface area contributed by atoms with Gasteiger partial charge in [-0.15, -0.1) is 0 Å². The summed E-state index contributed by atoms with van der Waals surface area (Å²) in [5.74, 6) is -0.342. The van der Waals surface area contributed by atoms with Crippen LogP contribution in [0.25, 0.3) is 0 Å². The van der Waals surface area contributed by atoms with Crippen molar-refractivity contribution in [3.63, 3.8) is 0 Å². The smallest absolute Gasteiger partial charge is 0.335 e. The Hall–Kier alpha value is -1.10. The molecule has 0 aromatic heterocycles. The van der Waals surface area contributed by atoms with Crippen LogP contribution in [-0.2, 0) is 20.9 Å². The van der Waals surface area contributed by atoms with Gasteiger partial charge in [-0.05, 0) is 18.9 Å². The van der Waals surface area contributed by atoms with Crippen LogP contribution in [-0.4, -0.2) is 24.7 Å². The second-order valence-corrected chi connectivity index (χ2v) is 4.67. The van der Waals surface area contributed by atoms with Gasteiger partial charge < -0.3 is 15.2 Å². The number of carbonyl (C=O) groups is 1. The first-order valence-corrected chi connectivity index (χ1v) is 6.34. The van der Waals surface area contributed by atoms with Crippen molar-refractivity contribution in [2.45, 2.75) is 31.7 Å². The molecule has 1 saturated heterocycles. The molecule has 0 aliphatic carbocycles. The van der Waals surface area contributed by atoms with Crippen LogP contribution in [0.5, 0.6) is 0 Å². The summed E-state index contributed by atoms with van der Waals surface area (Å²) in [5, 5.41) is 0.595. The van der Waals surface area contributed by atoms with Crippen molar-refractivity contribution >= 4 is 17.6 Å². The van der Waals surface area contributed by atoms with Gasteiger partial charge in [-0.3, -0.25) is 0 Å². The minimum atomic E-state index is -0.485. The zero-order valence-corrected chi connectivity index (χ0v) is 10.7. The Labute approximate surface area is 111 Å². The molecule has 0 saturated carbocycles. The Morgan fingerprint density at radius 2 is 2.22 bits per heavy atom. The Bertz CT molecular complexity index is 424. The first-order chi connectivity index (χ1) is 8.70. The lowest BCUT2D eigenvalue weighted by Crippen LogP contribution is -2.26. The Morgan fingerprint density at radius 1 is 1.44 bits per heavy atom. The zero-order chi connectivity index (χ0) is 13.0. The van der Waals surface area contributed by atoms with Gasteiger partial charge >= 0.3 is 5.97 Å². The number of hydrogen-bond acceptors (Lipinski definition) is 4. The van der Waals surface area contributed by atoms with Gasteiger partial charge in [0.1, 0.15) is 6.61 Å². The van der Waals surface area contributed by atoms with E-state index < -0.39 is 6.10 Å². The second-order valence-electron chi connectivity index (χ2n) is 4.26. The molecule has 98 valence electrons. The highest BCUT2D eigenvalue weighted by molar-refractivity contribution is 6.31. The standard InChI is InChI=1S/C13H16ClNO3/c14-11-4-2-1-3-9(11)8-17-13(16)12-6-5-10(7-15)18-12/h1-4,10,12H,5-8,15H2. The van der Waals surface area contributed by atoms with E-state index in [1.165, 1.54) is 0 Å². The van der Waals surface area contributed by atoms with E-state index in [4.69, 9.17) is 26.8 Å². The molecule has 2 unspecified atom stereocenters. The van der Waals surface area contributed by atoms with Crippen LogP contribution in [0.1, 0.15) is 18.4 Å². The molecule has 2 N–H and O–H groups in total. The lowest BCUT2D eigenvalue weighted by molar-refractivity contribution is -0.157. The molecule has 1 fully saturated rings. The van der Waals surface area contributed by atoms with E-state index in [1.807, 2.05) is 18.2 Å². The van der Waals surface area contributed by atoms with E-state index >= 15 is 0 Å². The summed E-state index contributed by atoms with van der Waals surface area (Å²) >= 11 is 5.97. The van der Waals surface area contributed by atoms with Crippen molar-refractivity contribution in [1.29, 1.82) is 0 Å². The summed E-state index contributed by atoms with van der Waals surface area (Å²) < 4.78 is 10.7. The fourth-order valence-electron chi connectivity index (χ4n) is 1.91. The molecule has 4 nitrogen and oxygen atoms in total. The third-order valence-corrected chi connectivity index (χ3v) is 3.33. The Balaban J connectivity index is 1.84. The molecule has 1 aromatic carbocycles. The maximum atomic E-state index is 11.8. The molecule has 1 aliphatic rings. The zero-order valence-electron chi connectivity index (χ0n) is 9.97. The molecule has 0 amide bonds. The Morgan fingerprint density at radius 3 is 2.89 bits per heavy atom. The normalized spacial score (nSPS) is 23.0. The fourth-order valence-corrected chi connectivity index (χ4v) is 2.10. The SMILES string of the molecule is NCC1CCC(C(=O)OCc2ccccc2Cl)O1. The number of nitrogens with two attached hydrogens (primary N) is 1. The van der Waals surface area contributed by atoms with Crippen LogP contribution in [0.15, 0.2) is 24.3 Å². The van der Waals surface area contributed by atoms with Crippen LogP contribution in [0.2, 0.25) is 5.02 Å². The molecule has 1 aromatic rings. The maximum Gasteiger partial charge on any atom is 0.335 e. The van der Waals surface area contributed by atoms with Gasteiger partial charge in [0.2, 0.25) is 0 Å². The van der Waals surface area contributed by atoms with Gasteiger partial charge in [-0.25, -0.2) is 4.79 Å². The van der Waals surface area contributed by atoms with Crippen LogP contribution in [0.4, 0.5) is 0 Å². The average molecular weight is 270 g/mol. The van der Waals surface area contributed by atoms with Gasteiger partial charge in [-0.2, -0.15) is 0 Å². The molecule has 18 heavy (non-hydrogen) atoms. The molecule has 1 aliphatic heterocycles. The quantitative estimate of drug-likeness (QED) is 0.848. The topological polar surface area (TPSA) is 61.6 Å². The van der Waals surface area contributed by atoms with Crippen molar-refractivity contribution in [2.24, 2.45) is 5.73 Å². The van der Waals surface area contributed by atoms with Gasteiger partial charge in [0.05, 0.1) is 6.10 Å². The third kappa shape index (κ3) is 3.22. The predicted molar refractivity (Wildman–Crippen MR) is 68.2 cm³/mol. The molecule has 2 atom stereocenters. The summed E-state index contributed by atoms with van der Waals surface area (Å²) in [6.45, 7) is 0.611. The number of ether oxygens (including phenoxy) is 2. The van der Waals surface area contributed by atoms with Crippen molar-refractivity contribution in [1.82, 2.24) is 0 Å². The van der Waals surface area contributed by atoms with E-state index in [0.717, 1.165) is 12.0 Å². The molecule has 0 bridgehead atoms. The number of rotatable bonds is 4. The summed E-state index contributed by atoms with van der Waals surface area (Å²) in [7, 11) is 0. The molecular weight excluding hydrogens is 254 g/mol. The molecule has 2 rings (SSSR count). The molecular formula is C13H16ClNO3. The van der Waals surface area contributed by atoms with Crippen LogP contribution in [0.3, 0.4) is 0 Å². The first kappa shape index (κ1) is 13.3. The van der Waals surface area contributed by atoms with E-state index in [0.29, 0.717) is 18.0 Å². The number of benzene rings is 1. The number of halogens is 1. The lowest BCUT2D eigenvalue weighted by atomic mass is 10.2. The lowest BCUT2D eigenvalue weighted by Gasteiger charge is -2.12. The molecule has 0 spiro atoms. The third-order valence-electron chi connectivity index (χ3n) is 2.96. The van der Waals surface area contributed by atoms with Crippen LogP contribution < -0.4 is 5.73 Å². The van der Waals surface area contributed by atoms with E-state index in [1.54, 1.807) is 6.07 Å². The van der Waals surface area contributed by atoms with Crippen molar-refractivity contribution in [3.05, 3.63) is 34.9 Å². The number of hydrogen-bond donors (Lipinski definition) is 1. The van der Waals surface area contributed by atoms with E-state index in [2.05, 4.69) is 0 Å². The maximum absolute atomic E-state index is 11.8. The molecule has 0 radical (unpaired) electrons. The van der Waals surface area contributed by atoms with Gasteiger partial charge in [0.25, 0.3) is 0 Å². The highest BCUT2D eigenvalue weighted by Gasteiger charge is 2.31. The van der Waals surface area contributed by atoms with Gasteiger partial charge in [0.15, 0.2) is 6.10 Å². The van der Waals surface area contributed by atoms with Gasteiger partial charge in [-0.1, -0.05) is 29.8 Å². The molecule has 1 heterocycles. The van der Waals surface area contributed by atoms with E-state index in [9.17, 15) is 4.79 Å². The van der Waals surface area contributed by atoms with Crippen LogP contribution >= 0.6 is 11.6 Å². The highest BCUT2D eigenvalue weighted by Crippen LogP contribution is 2.21. The largest absolute Gasteiger partial charge is 0.459 e. The minimum Gasteiger partial charge on any atom is -0.459 e. The summed E-state index contributed by atoms with van der Waals surface area (Å²) in [4.78, 5) is 11.8. The van der Waals surface area contributed by atoms with Gasteiger partial charge in [0, 0.05) is 17.1 Å². The highest BCUT2D eigenvalue weighted by atomic mass is 35.5. The Kier molecular flexibility index (Phi) is 4.58. The summed E-state index contributed by atoms with van der Waals surface area (Å²) in [6.07, 6.45) is 0.967. The molecule has 5 heteroatoms.